The molecule has 0 aliphatic heterocycles. The quantitative estimate of drug-likeness (QED) is 0.708. The van der Waals surface area contributed by atoms with Gasteiger partial charge in [-0.1, -0.05) is 19.9 Å². The van der Waals surface area contributed by atoms with E-state index in [1.807, 2.05) is 25.1 Å². The summed E-state index contributed by atoms with van der Waals surface area (Å²) in [7, 11) is 1.61. The number of benzene rings is 1. The van der Waals surface area contributed by atoms with Crippen molar-refractivity contribution in [3.8, 4) is 11.5 Å². The van der Waals surface area contributed by atoms with Crippen molar-refractivity contribution in [2.24, 2.45) is 0 Å². The van der Waals surface area contributed by atoms with E-state index in [2.05, 4.69) is 12.2 Å². The number of methoxy groups -OCH3 is 1. The van der Waals surface area contributed by atoms with Gasteiger partial charge in [0.25, 0.3) is 0 Å². The van der Waals surface area contributed by atoms with E-state index in [-0.39, 0.29) is 12.6 Å². The molecule has 0 heterocycles. The van der Waals surface area contributed by atoms with E-state index in [4.69, 9.17) is 14.2 Å². The van der Waals surface area contributed by atoms with Gasteiger partial charge in [0.2, 0.25) is 0 Å². The molecule has 0 saturated carbocycles. The molecule has 0 aliphatic rings. The topological polar surface area (TPSA) is 56.8 Å². The van der Waals surface area contributed by atoms with Crippen molar-refractivity contribution < 1.29 is 19.0 Å². The SMILES string of the molecule is CCNC(COc1ccc(CC)cc1OC)C(=O)OCC. The molecule has 0 aromatic heterocycles. The fraction of sp³-hybridized carbons (Fsp3) is 0.562. The van der Waals surface area contributed by atoms with Crippen molar-refractivity contribution in [3.63, 3.8) is 0 Å². The van der Waals surface area contributed by atoms with Crippen LogP contribution in [0.1, 0.15) is 26.3 Å². The number of rotatable bonds is 9. The second-order valence-corrected chi connectivity index (χ2v) is 4.51. The van der Waals surface area contributed by atoms with Gasteiger partial charge in [0, 0.05) is 0 Å². The standard InChI is InChI=1S/C16H25NO4/c1-5-12-8-9-14(15(10-12)19-4)21-11-13(17-6-2)16(18)20-7-3/h8-10,13,17H,5-7,11H2,1-4H3. The molecule has 0 radical (unpaired) electrons. The lowest BCUT2D eigenvalue weighted by molar-refractivity contribution is -0.146. The maximum absolute atomic E-state index is 11.8. The first-order valence-electron chi connectivity index (χ1n) is 7.35. The van der Waals surface area contributed by atoms with Crippen molar-refractivity contribution in [2.45, 2.75) is 33.2 Å². The van der Waals surface area contributed by atoms with Crippen molar-refractivity contribution in [2.75, 3.05) is 26.9 Å². The maximum Gasteiger partial charge on any atom is 0.326 e. The van der Waals surface area contributed by atoms with Gasteiger partial charge < -0.3 is 19.5 Å². The molecular formula is C16H25NO4. The van der Waals surface area contributed by atoms with E-state index in [1.54, 1.807) is 14.0 Å². The Bertz CT molecular complexity index is 448. The lowest BCUT2D eigenvalue weighted by atomic mass is 10.1. The molecule has 118 valence electrons. The van der Waals surface area contributed by atoms with Gasteiger partial charge in [-0.25, -0.2) is 0 Å². The van der Waals surface area contributed by atoms with E-state index in [0.717, 1.165) is 6.42 Å². The van der Waals surface area contributed by atoms with E-state index >= 15 is 0 Å². The number of ether oxygens (including phenoxy) is 3. The zero-order chi connectivity index (χ0) is 15.7. The van der Waals surface area contributed by atoms with Crippen LogP contribution in [-0.2, 0) is 16.0 Å². The highest BCUT2D eigenvalue weighted by molar-refractivity contribution is 5.76. The number of hydrogen-bond donors (Lipinski definition) is 1. The van der Waals surface area contributed by atoms with Gasteiger partial charge >= 0.3 is 5.97 Å². The second kappa shape index (κ2) is 9.23. The Hall–Kier alpha value is -1.75. The molecule has 0 fully saturated rings. The molecule has 0 amide bonds. The molecular weight excluding hydrogens is 270 g/mol. The van der Waals surface area contributed by atoms with Crippen LogP contribution in [0.3, 0.4) is 0 Å². The number of hydrogen-bond acceptors (Lipinski definition) is 5. The largest absolute Gasteiger partial charge is 0.493 e. The Morgan fingerprint density at radius 1 is 1.24 bits per heavy atom. The maximum atomic E-state index is 11.8. The Morgan fingerprint density at radius 3 is 2.57 bits per heavy atom. The van der Waals surface area contributed by atoms with Crippen molar-refractivity contribution in [1.82, 2.24) is 5.32 Å². The fourth-order valence-electron chi connectivity index (χ4n) is 1.92. The van der Waals surface area contributed by atoms with Crippen LogP contribution in [0.5, 0.6) is 11.5 Å². The molecule has 1 aromatic carbocycles. The third kappa shape index (κ3) is 5.27. The first kappa shape index (κ1) is 17.3. The minimum absolute atomic E-state index is 0.203. The van der Waals surface area contributed by atoms with E-state index in [1.165, 1.54) is 5.56 Å². The van der Waals surface area contributed by atoms with Crippen LogP contribution in [0.2, 0.25) is 0 Å². The van der Waals surface area contributed by atoms with Crippen LogP contribution in [0.25, 0.3) is 0 Å². The third-order valence-electron chi connectivity index (χ3n) is 3.06. The van der Waals surface area contributed by atoms with Crippen LogP contribution in [-0.4, -0.2) is 38.9 Å². The Balaban J connectivity index is 2.72. The average molecular weight is 295 g/mol. The van der Waals surface area contributed by atoms with E-state index < -0.39 is 6.04 Å². The van der Waals surface area contributed by atoms with Gasteiger partial charge in [-0.15, -0.1) is 0 Å². The van der Waals surface area contributed by atoms with E-state index in [9.17, 15) is 4.79 Å². The monoisotopic (exact) mass is 295 g/mol. The van der Waals surface area contributed by atoms with Crippen molar-refractivity contribution in [1.29, 1.82) is 0 Å². The minimum atomic E-state index is -0.481. The number of aryl methyl sites for hydroxylation is 1. The highest BCUT2D eigenvalue weighted by Crippen LogP contribution is 2.28. The summed E-state index contributed by atoms with van der Waals surface area (Å²) >= 11 is 0. The lowest BCUT2D eigenvalue weighted by Gasteiger charge is -2.18. The van der Waals surface area contributed by atoms with Gasteiger partial charge in [0.15, 0.2) is 11.5 Å². The van der Waals surface area contributed by atoms with Crippen LogP contribution in [0.4, 0.5) is 0 Å². The summed E-state index contributed by atoms with van der Waals surface area (Å²) in [5.74, 6) is 0.999. The molecule has 1 rings (SSSR count). The first-order valence-corrected chi connectivity index (χ1v) is 7.35. The summed E-state index contributed by atoms with van der Waals surface area (Å²) in [6.45, 7) is 7.02. The zero-order valence-corrected chi connectivity index (χ0v) is 13.3. The van der Waals surface area contributed by atoms with Crippen LogP contribution >= 0.6 is 0 Å². The summed E-state index contributed by atoms with van der Waals surface area (Å²) in [4.78, 5) is 11.8. The number of nitrogens with one attached hydrogen (secondary N) is 1. The highest BCUT2D eigenvalue weighted by atomic mass is 16.5. The Labute approximate surface area is 126 Å². The molecule has 1 aromatic rings. The number of carbonyl (C=O) groups excluding carboxylic acids is 1. The van der Waals surface area contributed by atoms with Crippen molar-refractivity contribution in [3.05, 3.63) is 23.8 Å². The van der Waals surface area contributed by atoms with Gasteiger partial charge in [-0.05, 0) is 37.6 Å². The molecule has 1 N–H and O–H groups in total. The molecule has 5 heteroatoms. The third-order valence-corrected chi connectivity index (χ3v) is 3.06. The summed E-state index contributed by atoms with van der Waals surface area (Å²) in [6, 6.07) is 5.32. The molecule has 0 spiro atoms. The van der Waals surface area contributed by atoms with Gasteiger partial charge in [-0.3, -0.25) is 4.79 Å². The summed E-state index contributed by atoms with van der Waals surface area (Å²) < 4.78 is 16.1. The van der Waals surface area contributed by atoms with Crippen LogP contribution in [0, 0.1) is 0 Å². The Kier molecular flexibility index (Phi) is 7.61. The summed E-state index contributed by atoms with van der Waals surface area (Å²) in [5, 5.41) is 3.06. The van der Waals surface area contributed by atoms with Gasteiger partial charge in [-0.2, -0.15) is 0 Å². The number of esters is 1. The number of likely N-dealkylation sites (N-methyl/N-ethyl adjacent to an activating group) is 1. The summed E-state index contributed by atoms with van der Waals surface area (Å²) in [6.07, 6.45) is 0.930. The fourth-order valence-corrected chi connectivity index (χ4v) is 1.92. The predicted molar refractivity (Wildman–Crippen MR) is 82.0 cm³/mol. The van der Waals surface area contributed by atoms with Crippen LogP contribution < -0.4 is 14.8 Å². The minimum Gasteiger partial charge on any atom is -0.493 e. The molecule has 1 atom stereocenters. The lowest BCUT2D eigenvalue weighted by Crippen LogP contribution is -2.42. The van der Waals surface area contributed by atoms with E-state index in [0.29, 0.717) is 24.7 Å². The number of carbonyl (C=O) groups is 1. The molecule has 0 bridgehead atoms. The zero-order valence-electron chi connectivity index (χ0n) is 13.3. The summed E-state index contributed by atoms with van der Waals surface area (Å²) in [5.41, 5.74) is 1.17. The normalized spacial score (nSPS) is 11.8. The smallest absolute Gasteiger partial charge is 0.326 e. The molecule has 0 aliphatic carbocycles. The van der Waals surface area contributed by atoms with Crippen molar-refractivity contribution >= 4 is 5.97 Å². The van der Waals surface area contributed by atoms with Gasteiger partial charge in [0.05, 0.1) is 13.7 Å². The average Bonchev–Trinajstić information content (AvgIpc) is 2.51. The molecule has 5 nitrogen and oxygen atoms in total. The highest BCUT2D eigenvalue weighted by Gasteiger charge is 2.20. The first-order chi connectivity index (χ1) is 10.2. The Morgan fingerprint density at radius 2 is 2.00 bits per heavy atom. The molecule has 0 saturated heterocycles. The molecule has 1 unspecified atom stereocenters. The predicted octanol–water partition coefficient (Wildman–Crippen LogP) is 2.18. The second-order valence-electron chi connectivity index (χ2n) is 4.51. The molecule has 21 heavy (non-hydrogen) atoms. The van der Waals surface area contributed by atoms with Crippen LogP contribution in [0.15, 0.2) is 18.2 Å². The van der Waals surface area contributed by atoms with Gasteiger partial charge in [0.1, 0.15) is 12.6 Å².